The number of nitrogens with one attached hydrogen (secondary N) is 1. The van der Waals surface area contributed by atoms with Gasteiger partial charge in [0.15, 0.2) is 0 Å². The summed E-state index contributed by atoms with van der Waals surface area (Å²) in [5, 5.41) is 9.22. The van der Waals surface area contributed by atoms with E-state index in [0.717, 1.165) is 36.8 Å². The van der Waals surface area contributed by atoms with Crippen molar-refractivity contribution in [2.24, 2.45) is 0 Å². The third-order valence-corrected chi connectivity index (χ3v) is 5.80. The molecule has 1 N–H and O–H groups in total. The molecule has 1 aromatic carbocycles. The van der Waals surface area contributed by atoms with Gasteiger partial charge in [0.1, 0.15) is 0 Å². The van der Waals surface area contributed by atoms with E-state index in [9.17, 15) is 0 Å². The molecule has 128 valence electrons. The summed E-state index contributed by atoms with van der Waals surface area (Å²) in [7, 11) is -0.318. The third kappa shape index (κ3) is 2.57. The molecule has 1 aromatic heterocycles. The van der Waals surface area contributed by atoms with E-state index in [-0.39, 0.29) is 18.3 Å². The summed E-state index contributed by atoms with van der Waals surface area (Å²) in [6.07, 6.45) is 4.23. The van der Waals surface area contributed by atoms with Crippen LogP contribution in [0.1, 0.15) is 46.6 Å². The fraction of sp³-hybridized carbons (Fsp3) is 0.611. The molecule has 0 saturated carbocycles. The normalized spacial score (nSPS) is 23.9. The van der Waals surface area contributed by atoms with Crippen molar-refractivity contribution in [3.63, 3.8) is 0 Å². The van der Waals surface area contributed by atoms with Crippen molar-refractivity contribution in [3.8, 4) is 0 Å². The number of piperidine rings is 1. The Bertz CT molecular complexity index is 734. The number of benzene rings is 1. The first-order valence-corrected chi connectivity index (χ1v) is 8.91. The van der Waals surface area contributed by atoms with Crippen LogP contribution in [0.4, 0.5) is 0 Å². The predicted molar refractivity (Wildman–Crippen MR) is 96.6 cm³/mol. The van der Waals surface area contributed by atoms with Crippen LogP contribution in [0.15, 0.2) is 24.4 Å². The SMILES string of the molecule is CC1(C)OB(c2ccc3c(cnn3C3CCNCC3)c2)OC1(C)C. The zero-order chi connectivity index (χ0) is 16.9. The van der Waals surface area contributed by atoms with Gasteiger partial charge >= 0.3 is 7.12 Å². The highest BCUT2D eigenvalue weighted by Gasteiger charge is 2.51. The van der Waals surface area contributed by atoms with Crippen LogP contribution < -0.4 is 10.8 Å². The summed E-state index contributed by atoms with van der Waals surface area (Å²) < 4.78 is 14.5. The summed E-state index contributed by atoms with van der Waals surface area (Å²) in [5.41, 5.74) is 1.63. The standard InChI is InChI=1S/C18H26BN3O2/c1-17(2)18(3,4)24-19(23-17)14-5-6-16-13(11-14)12-21-22(16)15-7-9-20-10-8-15/h5-6,11-12,15,20H,7-10H2,1-4H3. The molecule has 2 fully saturated rings. The molecular formula is C18H26BN3O2. The molecule has 3 heterocycles. The van der Waals surface area contributed by atoms with Crippen LogP contribution in [-0.2, 0) is 9.31 Å². The van der Waals surface area contributed by atoms with Crippen molar-refractivity contribution in [3.05, 3.63) is 24.4 Å². The molecule has 2 aliphatic rings. The van der Waals surface area contributed by atoms with Gasteiger partial charge in [0.05, 0.1) is 29.0 Å². The molecule has 0 atom stereocenters. The van der Waals surface area contributed by atoms with Crippen LogP contribution in [0, 0.1) is 0 Å². The van der Waals surface area contributed by atoms with E-state index in [1.165, 1.54) is 5.52 Å². The maximum Gasteiger partial charge on any atom is 0.494 e. The van der Waals surface area contributed by atoms with Crippen LogP contribution in [0.5, 0.6) is 0 Å². The number of aromatic nitrogens is 2. The summed E-state index contributed by atoms with van der Waals surface area (Å²) in [4.78, 5) is 0. The molecule has 2 saturated heterocycles. The minimum absolute atomic E-state index is 0.314. The molecular weight excluding hydrogens is 301 g/mol. The van der Waals surface area contributed by atoms with E-state index < -0.39 is 0 Å². The van der Waals surface area contributed by atoms with Gasteiger partial charge in [0.2, 0.25) is 0 Å². The lowest BCUT2D eigenvalue weighted by atomic mass is 9.78. The van der Waals surface area contributed by atoms with Gasteiger partial charge in [-0.05, 0) is 65.2 Å². The highest BCUT2D eigenvalue weighted by Crippen LogP contribution is 2.36. The fourth-order valence-electron chi connectivity index (χ4n) is 3.54. The number of hydrogen-bond donors (Lipinski definition) is 1. The van der Waals surface area contributed by atoms with E-state index in [1.807, 2.05) is 6.20 Å². The minimum Gasteiger partial charge on any atom is -0.399 e. The summed E-state index contributed by atoms with van der Waals surface area (Å²) in [6.45, 7) is 10.5. The fourth-order valence-corrected chi connectivity index (χ4v) is 3.54. The van der Waals surface area contributed by atoms with Crippen molar-refractivity contribution in [1.29, 1.82) is 0 Å². The zero-order valence-electron chi connectivity index (χ0n) is 15.0. The Morgan fingerprint density at radius 2 is 1.79 bits per heavy atom. The first-order chi connectivity index (χ1) is 11.4. The van der Waals surface area contributed by atoms with Crippen molar-refractivity contribution >= 4 is 23.5 Å². The largest absolute Gasteiger partial charge is 0.494 e. The van der Waals surface area contributed by atoms with Crippen molar-refractivity contribution < 1.29 is 9.31 Å². The lowest BCUT2D eigenvalue weighted by molar-refractivity contribution is 0.00578. The molecule has 6 heteroatoms. The first kappa shape index (κ1) is 16.1. The zero-order valence-corrected chi connectivity index (χ0v) is 15.0. The molecule has 2 aromatic rings. The molecule has 0 aliphatic carbocycles. The van der Waals surface area contributed by atoms with Gasteiger partial charge in [0.25, 0.3) is 0 Å². The molecule has 24 heavy (non-hydrogen) atoms. The lowest BCUT2D eigenvalue weighted by Crippen LogP contribution is -2.41. The van der Waals surface area contributed by atoms with E-state index >= 15 is 0 Å². The highest BCUT2D eigenvalue weighted by molar-refractivity contribution is 6.62. The Labute approximate surface area is 143 Å². The van der Waals surface area contributed by atoms with Gasteiger partial charge in [0, 0.05) is 5.39 Å². The van der Waals surface area contributed by atoms with Gasteiger partial charge in [-0.25, -0.2) is 0 Å². The van der Waals surface area contributed by atoms with Gasteiger partial charge in [-0.3, -0.25) is 4.68 Å². The van der Waals surface area contributed by atoms with Crippen molar-refractivity contribution in [2.45, 2.75) is 57.8 Å². The highest BCUT2D eigenvalue weighted by atomic mass is 16.7. The second kappa shape index (κ2) is 5.58. The van der Waals surface area contributed by atoms with Crippen LogP contribution in [0.3, 0.4) is 0 Å². The molecule has 0 radical (unpaired) electrons. The molecule has 5 nitrogen and oxygen atoms in total. The van der Waals surface area contributed by atoms with Crippen LogP contribution in [-0.4, -0.2) is 41.2 Å². The van der Waals surface area contributed by atoms with Gasteiger partial charge in [-0.2, -0.15) is 5.10 Å². The summed E-state index contributed by atoms with van der Waals surface area (Å²) in [6, 6.07) is 6.92. The average molecular weight is 327 g/mol. The maximum atomic E-state index is 6.16. The first-order valence-electron chi connectivity index (χ1n) is 8.91. The Kier molecular flexibility index (Phi) is 3.75. The molecule has 2 aliphatic heterocycles. The van der Waals surface area contributed by atoms with Crippen molar-refractivity contribution in [2.75, 3.05) is 13.1 Å². The van der Waals surface area contributed by atoms with Gasteiger partial charge < -0.3 is 14.6 Å². The predicted octanol–water partition coefficient (Wildman–Crippen LogP) is 2.26. The van der Waals surface area contributed by atoms with Crippen LogP contribution in [0.2, 0.25) is 0 Å². The van der Waals surface area contributed by atoms with E-state index in [4.69, 9.17) is 9.31 Å². The number of hydrogen-bond acceptors (Lipinski definition) is 4. The van der Waals surface area contributed by atoms with E-state index in [0.29, 0.717) is 6.04 Å². The Morgan fingerprint density at radius 1 is 1.12 bits per heavy atom. The third-order valence-electron chi connectivity index (χ3n) is 5.80. The molecule has 0 unspecified atom stereocenters. The molecule has 0 bridgehead atoms. The number of rotatable bonds is 2. The minimum atomic E-state index is -0.318. The Morgan fingerprint density at radius 3 is 2.46 bits per heavy atom. The smallest absolute Gasteiger partial charge is 0.399 e. The lowest BCUT2D eigenvalue weighted by Gasteiger charge is -2.32. The second-order valence-electron chi connectivity index (χ2n) is 7.98. The van der Waals surface area contributed by atoms with Gasteiger partial charge in [-0.1, -0.05) is 12.1 Å². The number of nitrogens with zero attached hydrogens (tertiary/aromatic N) is 2. The van der Waals surface area contributed by atoms with Gasteiger partial charge in [-0.15, -0.1) is 0 Å². The summed E-state index contributed by atoms with van der Waals surface area (Å²) in [5.74, 6) is 0. The Balaban J connectivity index is 1.63. The molecule has 0 amide bonds. The number of fused-ring (bicyclic) bond motifs is 1. The quantitative estimate of drug-likeness (QED) is 0.860. The Hall–Kier alpha value is -1.37. The maximum absolute atomic E-state index is 6.16. The van der Waals surface area contributed by atoms with Crippen LogP contribution in [0.25, 0.3) is 10.9 Å². The van der Waals surface area contributed by atoms with Crippen molar-refractivity contribution in [1.82, 2.24) is 15.1 Å². The monoisotopic (exact) mass is 327 g/mol. The van der Waals surface area contributed by atoms with E-state index in [1.54, 1.807) is 0 Å². The second-order valence-corrected chi connectivity index (χ2v) is 7.98. The molecule has 4 rings (SSSR count). The summed E-state index contributed by atoms with van der Waals surface area (Å²) >= 11 is 0. The van der Waals surface area contributed by atoms with E-state index in [2.05, 4.69) is 61.0 Å². The average Bonchev–Trinajstić information content (AvgIpc) is 3.06. The van der Waals surface area contributed by atoms with Crippen LogP contribution >= 0.6 is 0 Å². The molecule has 0 spiro atoms. The topological polar surface area (TPSA) is 48.3 Å².